The molecule has 0 saturated heterocycles. The molecule has 1 aliphatic rings. The Morgan fingerprint density at radius 3 is 2.41 bits per heavy atom. The number of nitro benzene ring substituents is 1. The summed E-state index contributed by atoms with van der Waals surface area (Å²) in [5.74, 6) is -3.50. The van der Waals surface area contributed by atoms with Gasteiger partial charge in [-0.25, -0.2) is 0 Å². The number of nitrogens with zero attached hydrogens (tertiary/aromatic N) is 2. The molecule has 134 valence electrons. The Kier molecular flexibility index (Phi) is 7.48. The standard InChI is InChI=1S/C18H17N3O5.Na/c1-9(2)17(22)14-10(3)20-13(8-19)16(18(23)24)15(14)11-5-4-6-12(7-11)21(25)26;/h4-7,9,15,20H,1-3H3,(H,23,24);/q;+1/p-1. The van der Waals surface area contributed by atoms with Crippen LogP contribution >= 0.6 is 0 Å². The van der Waals surface area contributed by atoms with E-state index in [1.807, 2.05) is 0 Å². The second-order valence-electron chi connectivity index (χ2n) is 6.16. The SMILES string of the molecule is CC1=C(C(=O)C(C)C)C(c2cccc([N+](=O)[O-])c2)C(C(=O)[O-])=C(C#N)N1.[Na+]. The van der Waals surface area contributed by atoms with Crippen LogP contribution in [0.25, 0.3) is 0 Å². The molecule has 2 rings (SSSR count). The third-order valence-corrected chi connectivity index (χ3v) is 4.10. The molecule has 0 aromatic heterocycles. The Bertz CT molecular complexity index is 912. The predicted octanol–water partition coefficient (Wildman–Crippen LogP) is -1.69. The van der Waals surface area contributed by atoms with E-state index < -0.39 is 28.3 Å². The van der Waals surface area contributed by atoms with Gasteiger partial charge in [0, 0.05) is 40.8 Å². The summed E-state index contributed by atoms with van der Waals surface area (Å²) in [5, 5.41) is 34.8. The van der Waals surface area contributed by atoms with Crippen LogP contribution in [0.2, 0.25) is 0 Å². The number of carbonyl (C=O) groups is 2. The number of benzene rings is 1. The van der Waals surface area contributed by atoms with E-state index in [-0.39, 0.29) is 57.9 Å². The van der Waals surface area contributed by atoms with Crippen molar-refractivity contribution in [2.45, 2.75) is 26.7 Å². The summed E-state index contributed by atoms with van der Waals surface area (Å²) >= 11 is 0. The molecule has 1 N–H and O–H groups in total. The number of ketones is 1. The third kappa shape index (κ3) is 4.45. The largest absolute Gasteiger partial charge is 1.00 e. The molecular formula is C18H16N3NaO5. The molecule has 1 aromatic carbocycles. The monoisotopic (exact) mass is 377 g/mol. The maximum Gasteiger partial charge on any atom is 1.00 e. The van der Waals surface area contributed by atoms with Crippen molar-refractivity contribution >= 4 is 17.4 Å². The van der Waals surface area contributed by atoms with Gasteiger partial charge in [-0.2, -0.15) is 5.26 Å². The van der Waals surface area contributed by atoms with Gasteiger partial charge in [0.2, 0.25) is 0 Å². The van der Waals surface area contributed by atoms with Crippen LogP contribution in [0.3, 0.4) is 0 Å². The summed E-state index contributed by atoms with van der Waals surface area (Å²) in [4.78, 5) is 34.9. The molecule has 0 bridgehead atoms. The Hall–Kier alpha value is -2.47. The van der Waals surface area contributed by atoms with Crippen LogP contribution in [-0.2, 0) is 9.59 Å². The van der Waals surface area contributed by atoms with Crippen LogP contribution < -0.4 is 40.0 Å². The van der Waals surface area contributed by atoms with E-state index in [1.54, 1.807) is 26.8 Å². The van der Waals surface area contributed by atoms with Crippen molar-refractivity contribution in [1.29, 1.82) is 5.26 Å². The number of carboxylic acids is 1. The normalized spacial score (nSPS) is 16.3. The minimum atomic E-state index is -1.62. The van der Waals surface area contributed by atoms with Crippen LogP contribution in [0.5, 0.6) is 0 Å². The number of dihydropyridines is 1. The van der Waals surface area contributed by atoms with Gasteiger partial charge in [0.15, 0.2) is 5.78 Å². The number of Topliss-reactive ketones (excluding diaryl/α,β-unsaturated/α-hetero) is 1. The van der Waals surface area contributed by atoms with Crippen LogP contribution in [-0.4, -0.2) is 16.7 Å². The molecule has 0 saturated carbocycles. The number of non-ortho nitro benzene ring substituents is 1. The summed E-state index contributed by atoms with van der Waals surface area (Å²) in [6, 6.07) is 7.12. The molecular weight excluding hydrogens is 361 g/mol. The van der Waals surface area contributed by atoms with Crippen molar-refractivity contribution < 1.29 is 49.2 Å². The van der Waals surface area contributed by atoms with E-state index in [4.69, 9.17) is 0 Å². The molecule has 1 aromatic rings. The first kappa shape index (κ1) is 22.6. The first-order valence-corrected chi connectivity index (χ1v) is 7.81. The zero-order valence-electron chi connectivity index (χ0n) is 15.4. The minimum Gasteiger partial charge on any atom is -0.545 e. The second-order valence-corrected chi connectivity index (χ2v) is 6.16. The summed E-state index contributed by atoms with van der Waals surface area (Å²) in [7, 11) is 0. The van der Waals surface area contributed by atoms with E-state index in [1.165, 1.54) is 24.3 Å². The summed E-state index contributed by atoms with van der Waals surface area (Å²) in [6.07, 6.45) is 0. The fourth-order valence-corrected chi connectivity index (χ4v) is 2.92. The molecule has 0 fully saturated rings. The Morgan fingerprint density at radius 2 is 1.93 bits per heavy atom. The maximum absolute atomic E-state index is 12.7. The van der Waals surface area contributed by atoms with E-state index >= 15 is 0 Å². The van der Waals surface area contributed by atoms with E-state index in [9.17, 15) is 30.1 Å². The number of hydrogen-bond acceptors (Lipinski definition) is 7. The Morgan fingerprint density at radius 1 is 1.30 bits per heavy atom. The van der Waals surface area contributed by atoms with Gasteiger partial charge in [-0.05, 0) is 12.5 Å². The van der Waals surface area contributed by atoms with Crippen LogP contribution in [0.4, 0.5) is 5.69 Å². The summed E-state index contributed by atoms with van der Waals surface area (Å²) in [5.41, 5.74) is -0.190. The number of nitriles is 1. The van der Waals surface area contributed by atoms with Crippen molar-refractivity contribution in [1.82, 2.24) is 5.32 Å². The number of aliphatic carboxylic acids is 1. The molecule has 0 radical (unpaired) electrons. The first-order valence-electron chi connectivity index (χ1n) is 7.81. The number of nitro groups is 1. The molecule has 0 amide bonds. The van der Waals surface area contributed by atoms with Gasteiger partial charge in [0.25, 0.3) is 5.69 Å². The molecule has 0 spiro atoms. The van der Waals surface area contributed by atoms with Gasteiger partial charge in [0.1, 0.15) is 11.8 Å². The number of nitrogens with one attached hydrogen (secondary N) is 1. The van der Waals surface area contributed by atoms with Gasteiger partial charge in [-0.3, -0.25) is 14.9 Å². The smallest absolute Gasteiger partial charge is 0.545 e. The summed E-state index contributed by atoms with van der Waals surface area (Å²) in [6.45, 7) is 4.88. The number of rotatable bonds is 5. The van der Waals surface area contributed by atoms with Crippen LogP contribution in [0.1, 0.15) is 32.3 Å². The van der Waals surface area contributed by atoms with Crippen LogP contribution in [0.15, 0.2) is 46.8 Å². The molecule has 8 nitrogen and oxygen atoms in total. The van der Waals surface area contributed by atoms with Gasteiger partial charge < -0.3 is 15.2 Å². The molecule has 1 aliphatic heterocycles. The van der Waals surface area contributed by atoms with E-state index in [0.717, 1.165) is 0 Å². The van der Waals surface area contributed by atoms with Crippen molar-refractivity contribution in [3.8, 4) is 6.07 Å². The first-order chi connectivity index (χ1) is 12.2. The number of carbonyl (C=O) groups excluding carboxylic acids is 2. The number of carboxylic acid groups (broad SMARTS) is 1. The molecule has 27 heavy (non-hydrogen) atoms. The fourth-order valence-electron chi connectivity index (χ4n) is 2.92. The zero-order valence-corrected chi connectivity index (χ0v) is 17.4. The maximum atomic E-state index is 12.7. The van der Waals surface area contributed by atoms with Crippen molar-refractivity contribution in [3.05, 3.63) is 62.5 Å². The van der Waals surface area contributed by atoms with Gasteiger partial charge in [-0.1, -0.05) is 26.0 Å². The van der Waals surface area contributed by atoms with E-state index in [0.29, 0.717) is 5.70 Å². The third-order valence-electron chi connectivity index (χ3n) is 4.10. The number of hydrogen-bond donors (Lipinski definition) is 1. The average Bonchev–Trinajstić information content (AvgIpc) is 2.59. The molecule has 1 atom stereocenters. The Balaban J connectivity index is 0.00000364. The fraction of sp³-hybridized carbons (Fsp3) is 0.278. The number of allylic oxidation sites excluding steroid dienone is 3. The van der Waals surface area contributed by atoms with Gasteiger partial charge >= 0.3 is 29.6 Å². The molecule has 0 aliphatic carbocycles. The molecule has 1 heterocycles. The Labute approximate surface area is 178 Å². The van der Waals surface area contributed by atoms with Gasteiger partial charge in [0.05, 0.1) is 10.9 Å². The average molecular weight is 377 g/mol. The summed E-state index contributed by atoms with van der Waals surface area (Å²) < 4.78 is 0. The zero-order chi connectivity index (χ0) is 19.6. The quantitative estimate of drug-likeness (QED) is 0.367. The van der Waals surface area contributed by atoms with E-state index in [2.05, 4.69) is 5.32 Å². The molecule has 1 unspecified atom stereocenters. The van der Waals surface area contributed by atoms with Gasteiger partial charge in [-0.15, -0.1) is 0 Å². The minimum absolute atomic E-state index is 0. The van der Waals surface area contributed by atoms with Crippen molar-refractivity contribution in [2.24, 2.45) is 5.92 Å². The topological polar surface area (TPSA) is 136 Å². The van der Waals surface area contributed by atoms with Crippen molar-refractivity contribution in [3.63, 3.8) is 0 Å². The van der Waals surface area contributed by atoms with Crippen molar-refractivity contribution in [2.75, 3.05) is 0 Å². The molecule has 9 heteroatoms. The predicted molar refractivity (Wildman–Crippen MR) is 89.2 cm³/mol. The van der Waals surface area contributed by atoms with Crippen LogP contribution in [0, 0.1) is 27.4 Å². The second kappa shape index (κ2) is 8.95.